The molecule has 0 bridgehead atoms. The Morgan fingerprint density at radius 3 is 2.66 bits per heavy atom. The predicted molar refractivity (Wildman–Crippen MR) is 121 cm³/mol. The van der Waals surface area contributed by atoms with Crippen LogP contribution in [-0.4, -0.2) is 22.8 Å². The topological polar surface area (TPSA) is 96.3 Å². The molecule has 0 fully saturated rings. The van der Waals surface area contributed by atoms with Crippen LogP contribution < -0.4 is 16.0 Å². The number of rotatable bonds is 6. The zero-order valence-electron chi connectivity index (χ0n) is 17.5. The molecule has 0 saturated carbocycles. The van der Waals surface area contributed by atoms with Crippen molar-refractivity contribution in [1.29, 1.82) is 0 Å². The fourth-order valence-electron chi connectivity index (χ4n) is 3.29. The molecule has 3 N–H and O–H groups in total. The molecule has 32 heavy (non-hydrogen) atoms. The summed E-state index contributed by atoms with van der Waals surface area (Å²) in [7, 11) is 0. The number of pyridine rings is 1. The Labute approximate surface area is 183 Å². The maximum Gasteiger partial charge on any atom is 0.259 e. The van der Waals surface area contributed by atoms with Gasteiger partial charge in [0, 0.05) is 17.3 Å². The Morgan fingerprint density at radius 1 is 1.03 bits per heavy atom. The molecule has 4 rings (SSSR count). The fraction of sp³-hybridized carbons (Fsp3) is 0.125. The van der Waals surface area contributed by atoms with Gasteiger partial charge in [-0.25, -0.2) is 4.39 Å². The summed E-state index contributed by atoms with van der Waals surface area (Å²) in [6.45, 7) is 3.34. The molecule has 2 aromatic carbocycles. The Bertz CT molecular complexity index is 1300. The number of hydrogen-bond acceptors (Lipinski definition) is 5. The largest absolute Gasteiger partial charge is 0.469 e. The van der Waals surface area contributed by atoms with Crippen LogP contribution in [0.5, 0.6) is 0 Å². The molecule has 8 heteroatoms. The van der Waals surface area contributed by atoms with Crippen molar-refractivity contribution < 1.29 is 18.4 Å². The monoisotopic (exact) mass is 432 g/mol. The number of aromatic nitrogens is 1. The number of carbonyl (C=O) groups is 2. The van der Waals surface area contributed by atoms with E-state index in [1.165, 1.54) is 30.5 Å². The second-order valence-corrected chi connectivity index (χ2v) is 7.27. The highest BCUT2D eigenvalue weighted by Crippen LogP contribution is 2.24. The lowest BCUT2D eigenvalue weighted by Gasteiger charge is -2.17. The summed E-state index contributed by atoms with van der Waals surface area (Å²) in [6.07, 6.45) is 3.09. The summed E-state index contributed by atoms with van der Waals surface area (Å²) in [5.74, 6) is -0.913. The first-order valence-corrected chi connectivity index (χ1v) is 9.98. The number of fused-ring (bicyclic) bond motifs is 1. The SMILES string of the molecule is Cc1occc1C(=O)Nc1cc(NC(C)C(=O)Nc2cccc3ncccc23)ccc1F. The Hall–Kier alpha value is -4.20. The minimum Gasteiger partial charge on any atom is -0.469 e. The van der Waals surface area contributed by atoms with Gasteiger partial charge in [-0.05, 0) is 62.4 Å². The number of aryl methyl sites for hydroxylation is 1. The van der Waals surface area contributed by atoms with E-state index in [4.69, 9.17) is 4.42 Å². The zero-order chi connectivity index (χ0) is 22.7. The number of amides is 2. The van der Waals surface area contributed by atoms with E-state index in [1.807, 2.05) is 18.2 Å². The number of benzene rings is 2. The van der Waals surface area contributed by atoms with Gasteiger partial charge in [-0.15, -0.1) is 0 Å². The molecule has 2 amide bonds. The molecule has 0 aliphatic rings. The van der Waals surface area contributed by atoms with Crippen molar-refractivity contribution in [1.82, 2.24) is 4.98 Å². The van der Waals surface area contributed by atoms with Gasteiger partial charge in [-0.2, -0.15) is 0 Å². The van der Waals surface area contributed by atoms with Gasteiger partial charge >= 0.3 is 0 Å². The van der Waals surface area contributed by atoms with E-state index in [2.05, 4.69) is 20.9 Å². The maximum atomic E-state index is 14.3. The molecule has 0 spiro atoms. The smallest absolute Gasteiger partial charge is 0.259 e. The molecule has 0 saturated heterocycles. The van der Waals surface area contributed by atoms with Crippen LogP contribution in [0.4, 0.5) is 21.5 Å². The van der Waals surface area contributed by atoms with Gasteiger partial charge in [0.1, 0.15) is 17.6 Å². The summed E-state index contributed by atoms with van der Waals surface area (Å²) in [5.41, 5.74) is 2.22. The normalized spacial score (nSPS) is 11.7. The average molecular weight is 432 g/mol. The summed E-state index contributed by atoms with van der Waals surface area (Å²) < 4.78 is 19.4. The van der Waals surface area contributed by atoms with Crippen LogP contribution >= 0.6 is 0 Å². The number of carbonyl (C=O) groups excluding carboxylic acids is 2. The van der Waals surface area contributed by atoms with E-state index >= 15 is 0 Å². The van der Waals surface area contributed by atoms with Crippen molar-refractivity contribution >= 4 is 39.8 Å². The maximum absolute atomic E-state index is 14.3. The van der Waals surface area contributed by atoms with E-state index in [0.717, 1.165) is 10.9 Å². The van der Waals surface area contributed by atoms with Crippen LogP contribution in [0.2, 0.25) is 0 Å². The van der Waals surface area contributed by atoms with E-state index in [1.54, 1.807) is 32.2 Å². The van der Waals surface area contributed by atoms with Gasteiger partial charge in [0.25, 0.3) is 5.91 Å². The number of hydrogen-bond donors (Lipinski definition) is 3. The van der Waals surface area contributed by atoms with Crippen LogP contribution in [0.3, 0.4) is 0 Å². The van der Waals surface area contributed by atoms with E-state index < -0.39 is 17.8 Å². The van der Waals surface area contributed by atoms with Crippen LogP contribution in [0.1, 0.15) is 23.0 Å². The highest BCUT2D eigenvalue weighted by Gasteiger charge is 2.17. The van der Waals surface area contributed by atoms with Crippen molar-refractivity contribution in [3.63, 3.8) is 0 Å². The van der Waals surface area contributed by atoms with E-state index in [9.17, 15) is 14.0 Å². The highest BCUT2D eigenvalue weighted by molar-refractivity contribution is 6.05. The summed E-state index contributed by atoms with van der Waals surface area (Å²) >= 11 is 0. The first-order chi connectivity index (χ1) is 15.4. The minimum absolute atomic E-state index is 0.00617. The fourth-order valence-corrected chi connectivity index (χ4v) is 3.29. The predicted octanol–water partition coefficient (Wildman–Crippen LogP) is 4.97. The Balaban J connectivity index is 1.46. The van der Waals surface area contributed by atoms with Gasteiger partial charge in [0.2, 0.25) is 5.91 Å². The number of furan rings is 1. The molecule has 1 atom stereocenters. The molecule has 0 aliphatic carbocycles. The molecule has 0 radical (unpaired) electrons. The van der Waals surface area contributed by atoms with Crippen LogP contribution in [0.15, 0.2) is 71.5 Å². The Morgan fingerprint density at radius 2 is 1.88 bits per heavy atom. The molecule has 7 nitrogen and oxygen atoms in total. The molecular formula is C24H21FN4O3. The number of anilines is 3. The van der Waals surface area contributed by atoms with E-state index in [0.29, 0.717) is 22.7 Å². The average Bonchev–Trinajstić information content (AvgIpc) is 3.22. The Kier molecular flexibility index (Phi) is 5.85. The minimum atomic E-state index is -0.632. The van der Waals surface area contributed by atoms with Crippen molar-refractivity contribution in [3.05, 3.63) is 84.2 Å². The van der Waals surface area contributed by atoms with Crippen LogP contribution in [0, 0.1) is 12.7 Å². The van der Waals surface area contributed by atoms with Crippen LogP contribution in [0.25, 0.3) is 10.9 Å². The third-order valence-electron chi connectivity index (χ3n) is 5.00. The first-order valence-electron chi connectivity index (χ1n) is 9.98. The molecule has 162 valence electrons. The quantitative estimate of drug-likeness (QED) is 0.400. The van der Waals surface area contributed by atoms with Crippen LogP contribution in [-0.2, 0) is 4.79 Å². The van der Waals surface area contributed by atoms with Gasteiger partial charge in [-0.1, -0.05) is 6.07 Å². The number of nitrogens with one attached hydrogen (secondary N) is 3. The molecule has 2 heterocycles. The number of halogens is 1. The number of nitrogens with zero attached hydrogens (tertiary/aromatic N) is 1. The van der Waals surface area contributed by atoms with Gasteiger partial charge in [0.15, 0.2) is 0 Å². The first kappa shape index (κ1) is 21.0. The van der Waals surface area contributed by atoms with Crippen molar-refractivity contribution in [3.8, 4) is 0 Å². The lowest BCUT2D eigenvalue weighted by Crippen LogP contribution is -2.32. The van der Waals surface area contributed by atoms with Crippen molar-refractivity contribution in [2.75, 3.05) is 16.0 Å². The molecule has 0 aliphatic heterocycles. The van der Waals surface area contributed by atoms with Gasteiger partial charge < -0.3 is 20.4 Å². The lowest BCUT2D eigenvalue weighted by atomic mass is 10.1. The second-order valence-electron chi connectivity index (χ2n) is 7.27. The summed E-state index contributed by atoms with van der Waals surface area (Å²) in [6, 6.07) is 14.2. The van der Waals surface area contributed by atoms with E-state index in [-0.39, 0.29) is 11.6 Å². The van der Waals surface area contributed by atoms with Crippen molar-refractivity contribution in [2.45, 2.75) is 19.9 Å². The molecule has 1 unspecified atom stereocenters. The summed E-state index contributed by atoms with van der Waals surface area (Å²) in [4.78, 5) is 29.4. The second kappa shape index (κ2) is 8.89. The van der Waals surface area contributed by atoms with Gasteiger partial charge in [0.05, 0.1) is 28.7 Å². The summed E-state index contributed by atoms with van der Waals surface area (Å²) in [5, 5.41) is 9.29. The third-order valence-corrected chi connectivity index (χ3v) is 5.00. The molecular weight excluding hydrogens is 411 g/mol. The highest BCUT2D eigenvalue weighted by atomic mass is 19.1. The standard InChI is InChI=1S/C24H21FN4O3/c1-14(23(30)28-21-7-3-6-20-18(21)5-4-11-26-20)27-16-8-9-19(25)22(13-16)29-24(31)17-10-12-32-15(17)2/h3-14,27H,1-2H3,(H,28,30)(H,29,31). The lowest BCUT2D eigenvalue weighted by molar-refractivity contribution is -0.116. The van der Waals surface area contributed by atoms with Crippen molar-refractivity contribution in [2.24, 2.45) is 0 Å². The molecule has 4 aromatic rings. The molecule has 2 aromatic heterocycles. The third kappa shape index (κ3) is 4.44. The van der Waals surface area contributed by atoms with Gasteiger partial charge in [-0.3, -0.25) is 14.6 Å². The zero-order valence-corrected chi connectivity index (χ0v) is 17.5.